The normalized spacial score (nSPS) is 19.5. The molecule has 0 radical (unpaired) electrons. The Labute approximate surface area is 199 Å². The van der Waals surface area contributed by atoms with Crippen molar-refractivity contribution in [3.05, 3.63) is 42.5 Å². The zero-order valence-electron chi connectivity index (χ0n) is 19.1. The summed E-state index contributed by atoms with van der Waals surface area (Å²) in [5.41, 5.74) is 10.7. The number of nitrogens with one attached hydrogen (secondary N) is 1. The van der Waals surface area contributed by atoms with Gasteiger partial charge in [0.05, 0.1) is 4.90 Å². The van der Waals surface area contributed by atoms with Crippen molar-refractivity contribution in [2.24, 2.45) is 22.4 Å². The summed E-state index contributed by atoms with van der Waals surface area (Å²) in [5.74, 6) is -1.61. The molecule has 1 unspecified atom stereocenters. The number of nitrogens with zero attached hydrogens (tertiary/aromatic N) is 2. The zero-order chi connectivity index (χ0) is 24.9. The van der Waals surface area contributed by atoms with Gasteiger partial charge in [0.25, 0.3) is 0 Å². The number of nitrogens with two attached hydrogens (primary N) is 2. The SMILES string of the molecule is C[C@H]1CCN(C(=O)C(CCCN=C(N)N)NS(=O)(=O)c2cccc3ccccc23)[C@H](C(=O)O)C1. The molecule has 0 spiro atoms. The van der Waals surface area contributed by atoms with E-state index in [0.29, 0.717) is 24.6 Å². The first-order valence-electron chi connectivity index (χ1n) is 11.2. The van der Waals surface area contributed by atoms with Gasteiger partial charge in [0.1, 0.15) is 12.1 Å². The molecule has 0 bridgehead atoms. The minimum Gasteiger partial charge on any atom is -0.480 e. The van der Waals surface area contributed by atoms with Crippen LogP contribution in [-0.4, -0.2) is 61.4 Å². The van der Waals surface area contributed by atoms with Crippen LogP contribution in [0.1, 0.15) is 32.6 Å². The van der Waals surface area contributed by atoms with Crippen molar-refractivity contribution < 1.29 is 23.1 Å². The Kier molecular flexibility index (Phi) is 8.11. The lowest BCUT2D eigenvalue weighted by atomic mass is 9.91. The second-order valence-corrected chi connectivity index (χ2v) is 10.3. The van der Waals surface area contributed by atoms with E-state index in [1.165, 1.54) is 11.0 Å². The quantitative estimate of drug-likeness (QED) is 0.233. The van der Waals surface area contributed by atoms with E-state index in [1.54, 1.807) is 30.3 Å². The molecule has 34 heavy (non-hydrogen) atoms. The Bertz CT molecular complexity index is 1170. The molecular weight excluding hydrogens is 458 g/mol. The number of guanidine groups is 1. The number of aliphatic imine (C=N–C) groups is 1. The number of amides is 1. The van der Waals surface area contributed by atoms with Crippen LogP contribution in [0.2, 0.25) is 0 Å². The average Bonchev–Trinajstić information content (AvgIpc) is 2.79. The molecule has 6 N–H and O–H groups in total. The van der Waals surface area contributed by atoms with E-state index in [9.17, 15) is 23.1 Å². The van der Waals surface area contributed by atoms with Crippen molar-refractivity contribution >= 4 is 38.6 Å². The van der Waals surface area contributed by atoms with Gasteiger partial charge < -0.3 is 21.5 Å². The van der Waals surface area contributed by atoms with Crippen LogP contribution in [0.25, 0.3) is 10.8 Å². The predicted molar refractivity (Wildman–Crippen MR) is 130 cm³/mol. The molecular formula is C23H31N5O5S. The number of carboxylic acid groups (broad SMARTS) is 1. The minimum absolute atomic E-state index is 0.0506. The average molecular weight is 490 g/mol. The molecule has 3 rings (SSSR count). The largest absolute Gasteiger partial charge is 0.480 e. The van der Waals surface area contributed by atoms with E-state index in [1.807, 2.05) is 13.0 Å². The number of carboxylic acids is 1. The van der Waals surface area contributed by atoms with Crippen molar-refractivity contribution in [1.29, 1.82) is 0 Å². The summed E-state index contributed by atoms with van der Waals surface area (Å²) in [6, 6.07) is 9.82. The lowest BCUT2D eigenvalue weighted by molar-refractivity contribution is -0.153. The smallest absolute Gasteiger partial charge is 0.326 e. The van der Waals surface area contributed by atoms with Crippen LogP contribution < -0.4 is 16.2 Å². The fourth-order valence-corrected chi connectivity index (χ4v) is 5.71. The first-order valence-corrected chi connectivity index (χ1v) is 12.7. The van der Waals surface area contributed by atoms with Crippen molar-refractivity contribution in [3.8, 4) is 0 Å². The number of hydrogen-bond acceptors (Lipinski definition) is 5. The molecule has 1 aliphatic heterocycles. The molecule has 1 saturated heterocycles. The number of piperidine rings is 1. The highest BCUT2D eigenvalue weighted by Crippen LogP contribution is 2.26. The number of carbonyl (C=O) groups excluding carboxylic acids is 1. The van der Waals surface area contributed by atoms with Crippen molar-refractivity contribution in [2.75, 3.05) is 13.1 Å². The molecule has 0 saturated carbocycles. The van der Waals surface area contributed by atoms with Gasteiger partial charge in [-0.15, -0.1) is 0 Å². The summed E-state index contributed by atoms with van der Waals surface area (Å²) < 4.78 is 29.3. The van der Waals surface area contributed by atoms with Gasteiger partial charge in [-0.3, -0.25) is 9.79 Å². The zero-order valence-corrected chi connectivity index (χ0v) is 19.9. The first kappa shape index (κ1) is 25.4. The Morgan fingerprint density at radius 3 is 2.62 bits per heavy atom. The highest BCUT2D eigenvalue weighted by molar-refractivity contribution is 7.89. The molecule has 0 aliphatic carbocycles. The first-order chi connectivity index (χ1) is 16.1. The molecule has 0 aromatic heterocycles. The molecule has 1 heterocycles. The van der Waals surface area contributed by atoms with Crippen LogP contribution in [0.15, 0.2) is 52.4 Å². The fraction of sp³-hybridized carbons (Fsp3) is 0.435. The highest BCUT2D eigenvalue weighted by atomic mass is 32.2. The molecule has 11 heteroatoms. The number of hydrogen-bond donors (Lipinski definition) is 4. The van der Waals surface area contributed by atoms with E-state index in [0.717, 1.165) is 5.39 Å². The van der Waals surface area contributed by atoms with Crippen LogP contribution >= 0.6 is 0 Å². The lowest BCUT2D eigenvalue weighted by Gasteiger charge is -2.38. The van der Waals surface area contributed by atoms with E-state index in [4.69, 9.17) is 11.5 Å². The summed E-state index contributed by atoms with van der Waals surface area (Å²) in [6.07, 6.45) is 1.40. The van der Waals surface area contributed by atoms with E-state index < -0.39 is 34.0 Å². The molecule has 3 atom stereocenters. The van der Waals surface area contributed by atoms with E-state index >= 15 is 0 Å². The van der Waals surface area contributed by atoms with Gasteiger partial charge in [-0.2, -0.15) is 4.72 Å². The van der Waals surface area contributed by atoms with Crippen molar-refractivity contribution in [2.45, 2.75) is 49.6 Å². The molecule has 2 aromatic rings. The maximum atomic E-state index is 13.5. The molecule has 1 amide bonds. The predicted octanol–water partition coefficient (Wildman–Crippen LogP) is 1.25. The third-order valence-electron chi connectivity index (χ3n) is 6.01. The molecule has 2 aromatic carbocycles. The van der Waals surface area contributed by atoms with Gasteiger partial charge in [0, 0.05) is 18.5 Å². The second-order valence-electron chi connectivity index (χ2n) is 8.62. The third kappa shape index (κ3) is 6.03. The maximum absolute atomic E-state index is 13.5. The third-order valence-corrected chi connectivity index (χ3v) is 7.54. The number of benzene rings is 2. The van der Waals surface area contributed by atoms with Crippen molar-refractivity contribution in [1.82, 2.24) is 9.62 Å². The highest BCUT2D eigenvalue weighted by Gasteiger charge is 2.38. The van der Waals surface area contributed by atoms with Crippen LogP contribution in [0.4, 0.5) is 0 Å². The molecule has 184 valence electrons. The van der Waals surface area contributed by atoms with Crippen LogP contribution in [-0.2, 0) is 19.6 Å². The summed E-state index contributed by atoms with van der Waals surface area (Å²) in [7, 11) is -4.10. The Morgan fingerprint density at radius 2 is 1.91 bits per heavy atom. The number of fused-ring (bicyclic) bond motifs is 1. The second kappa shape index (κ2) is 10.8. The summed E-state index contributed by atoms with van der Waals surface area (Å²) in [5, 5.41) is 11.0. The topological polar surface area (TPSA) is 168 Å². The summed E-state index contributed by atoms with van der Waals surface area (Å²) in [6.45, 7) is 2.40. The number of sulfonamides is 1. The van der Waals surface area contributed by atoms with E-state index in [-0.39, 0.29) is 36.3 Å². The number of aliphatic carboxylic acids is 1. The van der Waals surface area contributed by atoms with Crippen LogP contribution in [0.5, 0.6) is 0 Å². The molecule has 1 aliphatic rings. The number of likely N-dealkylation sites (tertiary alicyclic amines) is 1. The summed E-state index contributed by atoms with van der Waals surface area (Å²) in [4.78, 5) is 30.5. The van der Waals surface area contributed by atoms with Crippen LogP contribution in [0, 0.1) is 5.92 Å². The van der Waals surface area contributed by atoms with Crippen molar-refractivity contribution in [3.63, 3.8) is 0 Å². The van der Waals surface area contributed by atoms with Gasteiger partial charge in [-0.25, -0.2) is 13.2 Å². The fourth-order valence-electron chi connectivity index (χ4n) is 4.26. The molecule has 10 nitrogen and oxygen atoms in total. The monoisotopic (exact) mass is 489 g/mol. The van der Waals surface area contributed by atoms with Gasteiger partial charge >= 0.3 is 5.97 Å². The lowest BCUT2D eigenvalue weighted by Crippen LogP contribution is -2.56. The minimum atomic E-state index is -4.10. The standard InChI is InChI=1S/C23H31N5O5S/c1-15-11-13-28(19(14-15)22(30)31)21(29)18(9-5-12-26-23(24)25)27-34(32,33)20-10-4-7-16-6-2-3-8-17(16)20/h2-4,6-8,10,15,18-19,27H,5,9,11-14H2,1H3,(H,30,31)(H4,24,25,26)/t15-,18?,19-/m0/s1. The maximum Gasteiger partial charge on any atom is 0.326 e. The van der Waals surface area contributed by atoms with Gasteiger partial charge in [0.15, 0.2) is 5.96 Å². The number of carbonyl (C=O) groups is 2. The Hall–Kier alpha value is -3.18. The summed E-state index contributed by atoms with van der Waals surface area (Å²) >= 11 is 0. The van der Waals surface area contributed by atoms with Gasteiger partial charge in [-0.05, 0) is 43.1 Å². The van der Waals surface area contributed by atoms with E-state index in [2.05, 4.69) is 9.71 Å². The Morgan fingerprint density at radius 1 is 1.21 bits per heavy atom. The van der Waals surface area contributed by atoms with Crippen LogP contribution in [0.3, 0.4) is 0 Å². The Balaban J connectivity index is 1.91. The van der Waals surface area contributed by atoms with Gasteiger partial charge in [0.2, 0.25) is 15.9 Å². The molecule has 1 fully saturated rings. The number of rotatable bonds is 9. The van der Waals surface area contributed by atoms with Gasteiger partial charge in [-0.1, -0.05) is 43.3 Å².